The van der Waals surface area contributed by atoms with Crippen LogP contribution >= 0.6 is 0 Å². The van der Waals surface area contributed by atoms with Gasteiger partial charge in [-0.3, -0.25) is 14.4 Å². The van der Waals surface area contributed by atoms with Crippen LogP contribution in [0.25, 0.3) is 12.2 Å². The summed E-state index contributed by atoms with van der Waals surface area (Å²) in [5.74, 6) is -1.44. The summed E-state index contributed by atoms with van der Waals surface area (Å²) >= 11 is 0. The first-order valence-corrected chi connectivity index (χ1v) is 15.6. The molecule has 2 amide bonds. The summed E-state index contributed by atoms with van der Waals surface area (Å²) in [4.78, 5) is 44.7. The molecular weight excluding hydrogens is 552 g/mol. The van der Waals surface area contributed by atoms with Gasteiger partial charge in [-0.2, -0.15) is 0 Å². The SMILES string of the molecule is CCC(CC)(CC(=O)Nc1cccc(C=Cc2nc(C(=O)NC3CCN(CCc4ccccc4)CC3)ccc2C)c1)C(=O)O. The number of rotatable bonds is 13. The number of pyridine rings is 1. The lowest BCUT2D eigenvalue weighted by Crippen LogP contribution is -2.45. The lowest BCUT2D eigenvalue weighted by molar-refractivity contribution is -0.151. The Kier molecular flexibility index (Phi) is 11.4. The highest BCUT2D eigenvalue weighted by atomic mass is 16.4. The molecule has 4 rings (SSSR count). The molecule has 3 aromatic rings. The second-order valence-electron chi connectivity index (χ2n) is 11.7. The number of benzene rings is 2. The van der Waals surface area contributed by atoms with Crippen molar-refractivity contribution in [2.75, 3.05) is 25.0 Å². The first-order chi connectivity index (χ1) is 21.2. The summed E-state index contributed by atoms with van der Waals surface area (Å²) in [7, 11) is 0. The van der Waals surface area contributed by atoms with Crippen LogP contribution in [0.3, 0.4) is 0 Å². The Morgan fingerprint density at radius 2 is 1.70 bits per heavy atom. The lowest BCUT2D eigenvalue weighted by Gasteiger charge is -2.32. The smallest absolute Gasteiger partial charge is 0.310 e. The summed E-state index contributed by atoms with van der Waals surface area (Å²) in [6, 6.07) is 21.7. The molecule has 1 aliphatic heterocycles. The third-order valence-corrected chi connectivity index (χ3v) is 8.76. The number of aromatic nitrogens is 1. The molecule has 1 fully saturated rings. The van der Waals surface area contributed by atoms with Crippen molar-refractivity contribution >= 4 is 35.6 Å². The Balaban J connectivity index is 1.32. The number of anilines is 1. The van der Waals surface area contributed by atoms with E-state index in [9.17, 15) is 19.5 Å². The first-order valence-electron chi connectivity index (χ1n) is 15.6. The molecule has 0 unspecified atom stereocenters. The quantitative estimate of drug-likeness (QED) is 0.216. The minimum Gasteiger partial charge on any atom is -0.481 e. The zero-order valence-corrected chi connectivity index (χ0v) is 26.0. The molecule has 2 aromatic carbocycles. The molecule has 1 aliphatic rings. The van der Waals surface area contributed by atoms with Gasteiger partial charge in [0.25, 0.3) is 5.91 Å². The molecule has 1 aromatic heterocycles. The van der Waals surface area contributed by atoms with Crippen LogP contribution in [0.2, 0.25) is 0 Å². The maximum atomic E-state index is 13.1. The van der Waals surface area contributed by atoms with Gasteiger partial charge in [-0.1, -0.05) is 68.5 Å². The molecule has 0 atom stereocenters. The Morgan fingerprint density at radius 1 is 0.977 bits per heavy atom. The van der Waals surface area contributed by atoms with Crippen molar-refractivity contribution in [3.8, 4) is 0 Å². The number of nitrogens with one attached hydrogen (secondary N) is 2. The first kappa shape index (κ1) is 32.6. The van der Waals surface area contributed by atoms with Crippen LogP contribution in [0.1, 0.15) is 78.8 Å². The van der Waals surface area contributed by atoms with Gasteiger partial charge >= 0.3 is 5.97 Å². The van der Waals surface area contributed by atoms with Gasteiger partial charge in [0.15, 0.2) is 0 Å². The van der Waals surface area contributed by atoms with E-state index >= 15 is 0 Å². The number of amides is 2. The van der Waals surface area contributed by atoms with Crippen LogP contribution in [-0.4, -0.2) is 58.5 Å². The average Bonchev–Trinajstić information content (AvgIpc) is 3.03. The molecule has 44 heavy (non-hydrogen) atoms. The molecule has 232 valence electrons. The molecule has 1 saturated heterocycles. The van der Waals surface area contributed by atoms with E-state index in [1.165, 1.54) is 5.56 Å². The van der Waals surface area contributed by atoms with Crippen molar-refractivity contribution in [3.05, 3.63) is 94.8 Å². The van der Waals surface area contributed by atoms with Crippen molar-refractivity contribution < 1.29 is 19.5 Å². The number of hydrogen-bond donors (Lipinski definition) is 3. The van der Waals surface area contributed by atoms with Crippen molar-refractivity contribution in [2.45, 2.75) is 65.3 Å². The number of nitrogens with zero attached hydrogens (tertiary/aromatic N) is 2. The Labute approximate surface area is 260 Å². The Hall–Kier alpha value is -4.30. The fraction of sp³-hybridized carbons (Fsp3) is 0.389. The lowest BCUT2D eigenvalue weighted by atomic mass is 9.79. The summed E-state index contributed by atoms with van der Waals surface area (Å²) in [5, 5.41) is 15.7. The summed E-state index contributed by atoms with van der Waals surface area (Å²) in [5.41, 5.74) is 3.73. The number of aryl methyl sites for hydroxylation is 1. The van der Waals surface area contributed by atoms with Crippen LogP contribution in [-0.2, 0) is 16.0 Å². The molecule has 2 heterocycles. The number of hydrogen-bond acceptors (Lipinski definition) is 5. The third kappa shape index (κ3) is 8.86. The van der Waals surface area contributed by atoms with Crippen molar-refractivity contribution in [3.63, 3.8) is 0 Å². The van der Waals surface area contributed by atoms with E-state index in [2.05, 4.69) is 44.8 Å². The van der Waals surface area contributed by atoms with Crippen LogP contribution in [0.5, 0.6) is 0 Å². The molecule has 0 radical (unpaired) electrons. The molecule has 3 N–H and O–H groups in total. The third-order valence-electron chi connectivity index (χ3n) is 8.76. The normalized spacial score (nSPS) is 14.4. The van der Waals surface area contributed by atoms with E-state index in [4.69, 9.17) is 0 Å². The van der Waals surface area contributed by atoms with E-state index in [1.807, 2.05) is 49.4 Å². The fourth-order valence-corrected chi connectivity index (χ4v) is 5.62. The zero-order chi connectivity index (χ0) is 31.5. The maximum absolute atomic E-state index is 13.1. The van der Waals surface area contributed by atoms with Gasteiger partial charge < -0.3 is 20.6 Å². The number of aliphatic carboxylic acids is 1. The van der Waals surface area contributed by atoms with Crippen LogP contribution in [0.4, 0.5) is 5.69 Å². The van der Waals surface area contributed by atoms with Gasteiger partial charge in [-0.25, -0.2) is 4.98 Å². The van der Waals surface area contributed by atoms with Crippen LogP contribution in [0, 0.1) is 12.3 Å². The van der Waals surface area contributed by atoms with E-state index in [-0.39, 0.29) is 24.3 Å². The molecule has 0 spiro atoms. The number of piperidine rings is 1. The number of carbonyl (C=O) groups is 3. The van der Waals surface area contributed by atoms with Gasteiger partial charge in [-0.15, -0.1) is 0 Å². The van der Waals surface area contributed by atoms with Gasteiger partial charge in [0.05, 0.1) is 11.1 Å². The average molecular weight is 597 g/mol. The highest BCUT2D eigenvalue weighted by molar-refractivity contribution is 5.95. The number of carboxylic acid groups (broad SMARTS) is 1. The van der Waals surface area contributed by atoms with Crippen molar-refractivity contribution in [1.29, 1.82) is 0 Å². The van der Waals surface area contributed by atoms with Crippen LogP contribution in [0.15, 0.2) is 66.7 Å². The number of likely N-dealkylation sites (tertiary alicyclic amines) is 1. The predicted molar refractivity (Wildman–Crippen MR) is 175 cm³/mol. The molecule has 8 heteroatoms. The molecule has 0 aliphatic carbocycles. The standard InChI is InChI=1S/C36H44N4O4/c1-4-36(5-2,35(43)44)25-33(41)37-30-13-9-12-28(24-30)15-17-31-26(3)14-16-32(39-31)34(42)38-29-19-22-40(23-20-29)21-18-27-10-7-6-8-11-27/h6-17,24,29H,4-5,18-23,25H2,1-3H3,(H,37,41)(H,38,42)(H,43,44). The number of carboxylic acids is 1. The van der Waals surface area contributed by atoms with Gasteiger partial charge in [-0.05, 0) is 80.0 Å². The Morgan fingerprint density at radius 3 is 2.39 bits per heavy atom. The maximum Gasteiger partial charge on any atom is 0.310 e. The number of carbonyl (C=O) groups excluding carboxylic acids is 2. The molecular formula is C36H44N4O4. The largest absolute Gasteiger partial charge is 0.481 e. The van der Waals surface area contributed by atoms with Crippen molar-refractivity contribution in [2.24, 2.45) is 5.41 Å². The topological polar surface area (TPSA) is 112 Å². The van der Waals surface area contributed by atoms with Gasteiger partial charge in [0, 0.05) is 37.8 Å². The summed E-state index contributed by atoms with van der Waals surface area (Å²) in [6.45, 7) is 8.49. The zero-order valence-electron chi connectivity index (χ0n) is 26.0. The molecule has 0 saturated carbocycles. The monoisotopic (exact) mass is 596 g/mol. The summed E-state index contributed by atoms with van der Waals surface area (Å²) in [6.07, 6.45) is 7.30. The predicted octanol–water partition coefficient (Wildman–Crippen LogP) is 6.22. The summed E-state index contributed by atoms with van der Waals surface area (Å²) < 4.78 is 0. The second kappa shape index (κ2) is 15.4. The van der Waals surface area contributed by atoms with Gasteiger partial charge in [0.1, 0.15) is 5.69 Å². The minimum absolute atomic E-state index is 0.0826. The molecule has 8 nitrogen and oxygen atoms in total. The fourth-order valence-electron chi connectivity index (χ4n) is 5.62. The second-order valence-corrected chi connectivity index (χ2v) is 11.7. The Bertz CT molecular complexity index is 1460. The highest BCUT2D eigenvalue weighted by Gasteiger charge is 2.37. The van der Waals surface area contributed by atoms with E-state index in [0.29, 0.717) is 29.9 Å². The van der Waals surface area contributed by atoms with Crippen molar-refractivity contribution in [1.82, 2.24) is 15.2 Å². The van der Waals surface area contributed by atoms with Crippen LogP contribution < -0.4 is 10.6 Å². The van der Waals surface area contributed by atoms with E-state index < -0.39 is 11.4 Å². The van der Waals surface area contributed by atoms with E-state index in [1.54, 1.807) is 26.0 Å². The minimum atomic E-state index is -1.07. The highest BCUT2D eigenvalue weighted by Crippen LogP contribution is 2.31. The van der Waals surface area contributed by atoms with E-state index in [0.717, 1.165) is 50.0 Å². The van der Waals surface area contributed by atoms with Gasteiger partial charge in [0.2, 0.25) is 5.91 Å². The molecule has 0 bridgehead atoms.